The topological polar surface area (TPSA) is 21.3 Å². The van der Waals surface area contributed by atoms with Crippen molar-refractivity contribution in [3.05, 3.63) is 182 Å². The summed E-state index contributed by atoms with van der Waals surface area (Å²) >= 11 is 1.87. The minimum absolute atomic E-state index is 0.895. The molecule has 0 amide bonds. The number of fused-ring (bicyclic) bond motifs is 9. The normalized spacial score (nSPS) is 11.8. The van der Waals surface area contributed by atoms with Crippen molar-refractivity contribution in [2.45, 2.75) is 0 Å². The Bertz CT molecular complexity index is 3150. The van der Waals surface area contributed by atoms with Crippen LogP contribution in [-0.4, -0.2) is 4.57 Å². The number of rotatable bonds is 5. The molecular formula is C48H30N2OS. The molecule has 0 saturated carbocycles. The number of aromatic nitrogens is 1. The molecule has 0 spiro atoms. The number of hydrogen-bond acceptors (Lipinski definition) is 3. The molecule has 0 N–H and O–H groups in total. The highest BCUT2D eigenvalue weighted by Crippen LogP contribution is 2.50. The van der Waals surface area contributed by atoms with Gasteiger partial charge in [0.15, 0.2) is 0 Å². The Morgan fingerprint density at radius 1 is 0.442 bits per heavy atom. The Balaban J connectivity index is 1.24. The van der Waals surface area contributed by atoms with Crippen molar-refractivity contribution in [2.24, 2.45) is 0 Å². The number of anilines is 3. The first-order valence-electron chi connectivity index (χ1n) is 17.6. The number of benzene rings is 8. The standard InChI is InChI=1S/C48H30N2OS/c1-2-14-31(15-3-1)33-16-4-8-21-39(33)50(43-25-12-20-36-35-18-7-11-27-46(35)52-48(36)43)42-24-13-23-41-47(42)37-19-5-9-22-40(37)49(41)32-28-29-45-38(30-32)34-17-6-10-26-44(34)51-45/h1-30H. The molecule has 3 aromatic heterocycles. The van der Waals surface area contributed by atoms with Crippen LogP contribution in [0.2, 0.25) is 0 Å². The van der Waals surface area contributed by atoms with Crippen LogP contribution in [0.1, 0.15) is 0 Å². The third-order valence-electron chi connectivity index (χ3n) is 10.4. The van der Waals surface area contributed by atoms with Gasteiger partial charge >= 0.3 is 0 Å². The van der Waals surface area contributed by atoms with E-state index in [1.54, 1.807) is 0 Å². The molecule has 0 fully saturated rings. The van der Waals surface area contributed by atoms with Crippen molar-refractivity contribution >= 4 is 92.3 Å². The van der Waals surface area contributed by atoms with Crippen LogP contribution >= 0.6 is 11.3 Å². The highest BCUT2D eigenvalue weighted by atomic mass is 32.1. The summed E-state index contributed by atoms with van der Waals surface area (Å²) in [5.74, 6) is 0. The maximum absolute atomic E-state index is 6.24. The van der Waals surface area contributed by atoms with Crippen molar-refractivity contribution < 1.29 is 4.42 Å². The molecule has 244 valence electrons. The second-order valence-corrected chi connectivity index (χ2v) is 14.3. The van der Waals surface area contributed by atoms with Gasteiger partial charge in [0.2, 0.25) is 0 Å². The fraction of sp³-hybridized carbons (Fsp3) is 0. The van der Waals surface area contributed by atoms with Gasteiger partial charge in [0.1, 0.15) is 11.2 Å². The van der Waals surface area contributed by atoms with Crippen LogP contribution in [0.25, 0.3) is 80.7 Å². The first kappa shape index (κ1) is 29.1. The zero-order valence-corrected chi connectivity index (χ0v) is 28.8. The fourth-order valence-electron chi connectivity index (χ4n) is 8.15. The van der Waals surface area contributed by atoms with Gasteiger partial charge in [-0.3, -0.25) is 0 Å². The van der Waals surface area contributed by atoms with E-state index in [9.17, 15) is 0 Å². The van der Waals surface area contributed by atoms with Crippen molar-refractivity contribution in [3.8, 4) is 16.8 Å². The number of hydrogen-bond donors (Lipinski definition) is 0. The smallest absolute Gasteiger partial charge is 0.135 e. The van der Waals surface area contributed by atoms with E-state index in [2.05, 4.69) is 179 Å². The van der Waals surface area contributed by atoms with E-state index in [-0.39, 0.29) is 0 Å². The Labute approximate surface area is 303 Å². The van der Waals surface area contributed by atoms with E-state index >= 15 is 0 Å². The summed E-state index contributed by atoms with van der Waals surface area (Å²) in [5, 5.41) is 7.21. The summed E-state index contributed by atoms with van der Waals surface area (Å²) in [6.45, 7) is 0. The maximum atomic E-state index is 6.24. The number of furan rings is 1. The molecule has 52 heavy (non-hydrogen) atoms. The van der Waals surface area contributed by atoms with Crippen LogP contribution in [0.4, 0.5) is 17.1 Å². The van der Waals surface area contributed by atoms with E-state index in [0.29, 0.717) is 0 Å². The minimum atomic E-state index is 0.895. The lowest BCUT2D eigenvalue weighted by molar-refractivity contribution is 0.669. The summed E-state index contributed by atoms with van der Waals surface area (Å²) in [5.41, 5.74) is 11.0. The Kier molecular flexibility index (Phi) is 6.42. The molecule has 4 heteroatoms. The van der Waals surface area contributed by atoms with Gasteiger partial charge in [-0.2, -0.15) is 0 Å². The average molecular weight is 683 g/mol. The SMILES string of the molecule is c1ccc(-c2ccccc2N(c2cccc3c2sc2ccccc23)c2cccc3c2c2ccccc2n3-c2ccc3oc4ccccc4c3c2)cc1. The van der Waals surface area contributed by atoms with Crippen molar-refractivity contribution in [1.82, 2.24) is 4.57 Å². The Hall–Kier alpha value is -6.62. The van der Waals surface area contributed by atoms with Gasteiger partial charge in [-0.05, 0) is 66.2 Å². The summed E-state index contributed by atoms with van der Waals surface area (Å²) in [4.78, 5) is 2.51. The van der Waals surface area contributed by atoms with E-state index in [0.717, 1.165) is 55.7 Å². The quantitative estimate of drug-likeness (QED) is 0.180. The van der Waals surface area contributed by atoms with Crippen LogP contribution in [0, 0.1) is 0 Å². The lowest BCUT2D eigenvalue weighted by Gasteiger charge is -2.29. The molecule has 0 unspecified atom stereocenters. The minimum Gasteiger partial charge on any atom is -0.456 e. The molecule has 0 aliphatic carbocycles. The van der Waals surface area contributed by atoms with Crippen molar-refractivity contribution in [2.75, 3.05) is 4.90 Å². The van der Waals surface area contributed by atoms with Crippen LogP contribution in [0.5, 0.6) is 0 Å². The van der Waals surface area contributed by atoms with Crippen LogP contribution in [-0.2, 0) is 0 Å². The number of para-hydroxylation sites is 3. The van der Waals surface area contributed by atoms with Crippen molar-refractivity contribution in [1.29, 1.82) is 0 Å². The van der Waals surface area contributed by atoms with Gasteiger partial charge in [-0.25, -0.2) is 0 Å². The first-order chi connectivity index (χ1) is 25.8. The van der Waals surface area contributed by atoms with Gasteiger partial charge in [-0.1, -0.05) is 121 Å². The molecule has 0 saturated heterocycles. The predicted octanol–water partition coefficient (Wildman–Crippen LogP) is 14.2. The lowest BCUT2D eigenvalue weighted by Crippen LogP contribution is -2.12. The lowest BCUT2D eigenvalue weighted by atomic mass is 10.0. The van der Waals surface area contributed by atoms with Gasteiger partial charge in [-0.15, -0.1) is 11.3 Å². The molecule has 0 radical (unpaired) electrons. The number of thiophene rings is 1. The van der Waals surface area contributed by atoms with E-state index in [1.165, 1.54) is 42.1 Å². The van der Waals surface area contributed by atoms with Gasteiger partial charge in [0, 0.05) is 48.3 Å². The van der Waals surface area contributed by atoms with Crippen LogP contribution in [0.3, 0.4) is 0 Å². The highest BCUT2D eigenvalue weighted by Gasteiger charge is 2.25. The summed E-state index contributed by atoms with van der Waals surface area (Å²) < 4.78 is 11.2. The second kappa shape index (κ2) is 11.5. The Morgan fingerprint density at radius 2 is 1.10 bits per heavy atom. The number of nitrogens with zero attached hydrogens (tertiary/aromatic N) is 2. The molecule has 0 bridgehead atoms. The first-order valence-corrected chi connectivity index (χ1v) is 18.4. The molecule has 11 rings (SSSR count). The highest BCUT2D eigenvalue weighted by molar-refractivity contribution is 7.26. The largest absolute Gasteiger partial charge is 0.456 e. The Morgan fingerprint density at radius 3 is 2.02 bits per heavy atom. The average Bonchev–Trinajstić information content (AvgIpc) is 3.89. The van der Waals surface area contributed by atoms with Crippen molar-refractivity contribution in [3.63, 3.8) is 0 Å². The van der Waals surface area contributed by atoms with Gasteiger partial charge in [0.05, 0.1) is 32.8 Å². The summed E-state index contributed by atoms with van der Waals surface area (Å²) in [7, 11) is 0. The zero-order chi connectivity index (χ0) is 34.2. The van der Waals surface area contributed by atoms with Crippen LogP contribution < -0.4 is 4.90 Å². The van der Waals surface area contributed by atoms with Gasteiger partial charge < -0.3 is 13.9 Å². The molecule has 8 aromatic carbocycles. The summed E-state index contributed by atoms with van der Waals surface area (Å²) in [6, 6.07) is 65.5. The van der Waals surface area contributed by atoms with Crippen LogP contribution in [0.15, 0.2) is 186 Å². The molecule has 0 aliphatic rings. The predicted molar refractivity (Wildman–Crippen MR) is 221 cm³/mol. The molecule has 3 heterocycles. The van der Waals surface area contributed by atoms with E-state index in [4.69, 9.17) is 4.42 Å². The third kappa shape index (κ3) is 4.31. The molecular weight excluding hydrogens is 653 g/mol. The zero-order valence-electron chi connectivity index (χ0n) is 28.0. The monoisotopic (exact) mass is 682 g/mol. The molecule has 11 aromatic rings. The third-order valence-corrected chi connectivity index (χ3v) is 11.6. The van der Waals surface area contributed by atoms with E-state index in [1.807, 2.05) is 23.5 Å². The van der Waals surface area contributed by atoms with E-state index < -0.39 is 0 Å². The molecule has 0 aliphatic heterocycles. The fourth-order valence-corrected chi connectivity index (χ4v) is 9.35. The molecule has 0 atom stereocenters. The molecule has 3 nitrogen and oxygen atoms in total. The van der Waals surface area contributed by atoms with Gasteiger partial charge in [0.25, 0.3) is 0 Å². The summed E-state index contributed by atoms with van der Waals surface area (Å²) in [6.07, 6.45) is 0. The second-order valence-electron chi connectivity index (χ2n) is 13.3. The maximum Gasteiger partial charge on any atom is 0.135 e.